The van der Waals surface area contributed by atoms with Gasteiger partial charge < -0.3 is 10.5 Å². The van der Waals surface area contributed by atoms with Crippen LogP contribution in [0.4, 0.5) is 15.8 Å². The Balaban J connectivity index is 2.46. The number of ether oxygens (including phenoxy) is 1. The number of benzene rings is 1. The largest absolute Gasteiger partial charge is 0.428 e. The van der Waals surface area contributed by atoms with Crippen molar-refractivity contribution in [1.29, 1.82) is 0 Å². The molecule has 98 valence electrons. The fourth-order valence-electron chi connectivity index (χ4n) is 1.53. The monoisotopic (exact) mass is 263 g/mol. The standard InChI is InChI=1S/C12H10FN3O3/c1-7-5-8(14)6-15-12(7)19-11-9(13)3-2-4-10(11)16(17)18/h2-6H,14H2,1H3. The molecule has 0 radical (unpaired) electrons. The van der Waals surface area contributed by atoms with E-state index < -0.39 is 22.2 Å². The topological polar surface area (TPSA) is 91.3 Å². The van der Waals surface area contributed by atoms with Crippen LogP contribution in [-0.2, 0) is 0 Å². The van der Waals surface area contributed by atoms with Gasteiger partial charge in [0.1, 0.15) is 0 Å². The molecule has 0 spiro atoms. The molecule has 2 aromatic rings. The summed E-state index contributed by atoms with van der Waals surface area (Å²) in [6.07, 6.45) is 1.33. The van der Waals surface area contributed by atoms with Crippen LogP contribution >= 0.6 is 0 Å². The summed E-state index contributed by atoms with van der Waals surface area (Å²) >= 11 is 0. The number of aryl methyl sites for hydroxylation is 1. The summed E-state index contributed by atoms with van der Waals surface area (Å²) in [6, 6.07) is 5.05. The molecule has 1 aromatic heterocycles. The summed E-state index contributed by atoms with van der Waals surface area (Å²) in [5, 5.41) is 10.8. The predicted octanol–water partition coefficient (Wildman–Crippen LogP) is 2.81. The van der Waals surface area contributed by atoms with Crippen LogP contribution < -0.4 is 10.5 Å². The van der Waals surface area contributed by atoms with E-state index in [2.05, 4.69) is 4.98 Å². The molecule has 1 heterocycles. The van der Waals surface area contributed by atoms with Gasteiger partial charge in [0.25, 0.3) is 0 Å². The number of hydrogen-bond acceptors (Lipinski definition) is 5. The summed E-state index contributed by atoms with van der Waals surface area (Å²) in [5.74, 6) is -1.22. The maximum Gasteiger partial charge on any atom is 0.314 e. The molecule has 6 nitrogen and oxygen atoms in total. The lowest BCUT2D eigenvalue weighted by Gasteiger charge is -2.08. The normalized spacial score (nSPS) is 10.2. The predicted molar refractivity (Wildman–Crippen MR) is 66.5 cm³/mol. The SMILES string of the molecule is Cc1cc(N)cnc1Oc1c(F)cccc1[N+](=O)[O-]. The van der Waals surface area contributed by atoms with E-state index in [0.29, 0.717) is 11.3 Å². The van der Waals surface area contributed by atoms with Gasteiger partial charge in [-0.1, -0.05) is 6.07 Å². The minimum Gasteiger partial charge on any atom is -0.428 e. The van der Waals surface area contributed by atoms with Gasteiger partial charge in [-0.15, -0.1) is 0 Å². The van der Waals surface area contributed by atoms with Gasteiger partial charge in [-0.2, -0.15) is 0 Å². The lowest BCUT2D eigenvalue weighted by atomic mass is 10.2. The average molecular weight is 263 g/mol. The fraction of sp³-hybridized carbons (Fsp3) is 0.0833. The molecule has 0 fully saturated rings. The Bertz CT molecular complexity index is 646. The number of rotatable bonds is 3. The van der Waals surface area contributed by atoms with E-state index in [0.717, 1.165) is 12.1 Å². The molecule has 0 amide bonds. The Morgan fingerprint density at radius 2 is 2.21 bits per heavy atom. The lowest BCUT2D eigenvalue weighted by Crippen LogP contribution is -1.99. The van der Waals surface area contributed by atoms with Gasteiger partial charge in [0.15, 0.2) is 5.82 Å². The van der Waals surface area contributed by atoms with Gasteiger partial charge in [-0.3, -0.25) is 10.1 Å². The van der Waals surface area contributed by atoms with Crippen molar-refractivity contribution >= 4 is 11.4 Å². The second kappa shape index (κ2) is 4.89. The quantitative estimate of drug-likeness (QED) is 0.679. The van der Waals surface area contributed by atoms with Crippen molar-refractivity contribution in [2.45, 2.75) is 6.92 Å². The van der Waals surface area contributed by atoms with Crippen LogP contribution in [0.1, 0.15) is 5.56 Å². The first-order chi connectivity index (χ1) is 8.99. The van der Waals surface area contributed by atoms with Crippen LogP contribution in [0.5, 0.6) is 11.6 Å². The molecule has 0 saturated heterocycles. The van der Waals surface area contributed by atoms with Gasteiger partial charge in [0.05, 0.1) is 16.8 Å². The van der Waals surface area contributed by atoms with Crippen molar-refractivity contribution < 1.29 is 14.1 Å². The van der Waals surface area contributed by atoms with Crippen molar-refractivity contribution in [1.82, 2.24) is 4.98 Å². The highest BCUT2D eigenvalue weighted by atomic mass is 19.1. The van der Waals surface area contributed by atoms with E-state index in [9.17, 15) is 14.5 Å². The highest BCUT2D eigenvalue weighted by Gasteiger charge is 2.21. The lowest BCUT2D eigenvalue weighted by molar-refractivity contribution is -0.385. The molecule has 0 saturated carbocycles. The fourth-order valence-corrected chi connectivity index (χ4v) is 1.53. The number of nitrogen functional groups attached to an aromatic ring is 1. The number of nitro benzene ring substituents is 1. The summed E-state index contributed by atoms with van der Waals surface area (Å²) in [6.45, 7) is 1.66. The van der Waals surface area contributed by atoms with Gasteiger partial charge in [0.2, 0.25) is 11.6 Å². The molecule has 0 aliphatic heterocycles. The van der Waals surface area contributed by atoms with E-state index in [-0.39, 0.29) is 5.88 Å². The zero-order chi connectivity index (χ0) is 14.0. The third kappa shape index (κ3) is 2.59. The molecule has 0 aliphatic carbocycles. The summed E-state index contributed by atoms with van der Waals surface area (Å²) in [4.78, 5) is 14.0. The molecule has 19 heavy (non-hydrogen) atoms. The number of nitrogens with zero attached hydrogens (tertiary/aromatic N) is 2. The smallest absolute Gasteiger partial charge is 0.314 e. The molecular formula is C12H10FN3O3. The molecule has 7 heteroatoms. The molecule has 0 aliphatic rings. The van der Waals surface area contributed by atoms with Crippen molar-refractivity contribution in [2.24, 2.45) is 0 Å². The summed E-state index contributed by atoms with van der Waals surface area (Å²) in [5.41, 5.74) is 6.05. The van der Waals surface area contributed by atoms with Gasteiger partial charge >= 0.3 is 5.69 Å². The molecule has 1 aromatic carbocycles. The van der Waals surface area contributed by atoms with E-state index in [4.69, 9.17) is 10.5 Å². The van der Waals surface area contributed by atoms with Crippen molar-refractivity contribution in [2.75, 3.05) is 5.73 Å². The number of anilines is 1. The number of aromatic nitrogens is 1. The number of halogens is 1. The zero-order valence-electron chi connectivity index (χ0n) is 9.96. The molecule has 0 bridgehead atoms. The number of nitrogens with two attached hydrogens (primary N) is 1. The van der Waals surface area contributed by atoms with Crippen LogP contribution in [0.3, 0.4) is 0 Å². The zero-order valence-corrected chi connectivity index (χ0v) is 9.96. The van der Waals surface area contributed by atoms with Crippen LogP contribution in [-0.4, -0.2) is 9.91 Å². The number of hydrogen-bond donors (Lipinski definition) is 1. The van der Waals surface area contributed by atoms with E-state index >= 15 is 0 Å². The summed E-state index contributed by atoms with van der Waals surface area (Å²) in [7, 11) is 0. The molecule has 0 atom stereocenters. The summed E-state index contributed by atoms with van der Waals surface area (Å²) < 4.78 is 18.8. The number of nitro groups is 1. The van der Waals surface area contributed by atoms with Crippen molar-refractivity contribution in [3.8, 4) is 11.6 Å². The van der Waals surface area contributed by atoms with Crippen molar-refractivity contribution in [3.05, 3.63) is 52.0 Å². The second-order valence-electron chi connectivity index (χ2n) is 3.84. The Kier molecular flexibility index (Phi) is 3.28. The Morgan fingerprint density at radius 3 is 2.84 bits per heavy atom. The van der Waals surface area contributed by atoms with E-state index in [1.165, 1.54) is 12.3 Å². The number of para-hydroxylation sites is 1. The second-order valence-corrected chi connectivity index (χ2v) is 3.84. The van der Waals surface area contributed by atoms with E-state index in [1.807, 2.05) is 0 Å². The number of pyridine rings is 1. The average Bonchev–Trinajstić information content (AvgIpc) is 2.34. The Morgan fingerprint density at radius 1 is 1.47 bits per heavy atom. The Hall–Kier alpha value is -2.70. The first kappa shape index (κ1) is 12.7. The minimum atomic E-state index is -0.827. The van der Waals surface area contributed by atoms with Crippen LogP contribution in [0.15, 0.2) is 30.5 Å². The maximum atomic E-state index is 13.6. The molecule has 0 unspecified atom stereocenters. The van der Waals surface area contributed by atoms with E-state index in [1.54, 1.807) is 13.0 Å². The van der Waals surface area contributed by atoms with Crippen LogP contribution in [0, 0.1) is 22.9 Å². The van der Waals surface area contributed by atoms with Gasteiger partial charge in [-0.05, 0) is 19.1 Å². The highest BCUT2D eigenvalue weighted by Crippen LogP contribution is 2.34. The van der Waals surface area contributed by atoms with Crippen molar-refractivity contribution in [3.63, 3.8) is 0 Å². The maximum absolute atomic E-state index is 13.6. The minimum absolute atomic E-state index is 0.0717. The van der Waals surface area contributed by atoms with Gasteiger partial charge in [-0.25, -0.2) is 9.37 Å². The van der Waals surface area contributed by atoms with Crippen LogP contribution in [0.25, 0.3) is 0 Å². The third-order valence-corrected chi connectivity index (χ3v) is 2.39. The third-order valence-electron chi connectivity index (χ3n) is 2.39. The first-order valence-corrected chi connectivity index (χ1v) is 5.32. The van der Waals surface area contributed by atoms with Gasteiger partial charge in [0, 0.05) is 11.6 Å². The van der Waals surface area contributed by atoms with Crippen LogP contribution in [0.2, 0.25) is 0 Å². The Labute approximate surface area is 107 Å². The first-order valence-electron chi connectivity index (χ1n) is 5.32. The molecular weight excluding hydrogens is 253 g/mol. The highest BCUT2D eigenvalue weighted by molar-refractivity contribution is 5.50. The molecule has 2 N–H and O–H groups in total. The molecule has 2 rings (SSSR count).